The zero-order chi connectivity index (χ0) is 16.8. The molecule has 0 bridgehead atoms. The SMILES string of the molecule is CO[C@@H]1CCC[C@]2(C1)NC(=O)C(c1c(C)cc(C)cc1C)C2=O. The first-order chi connectivity index (χ1) is 10.9. The zero-order valence-corrected chi connectivity index (χ0v) is 14.4. The fourth-order valence-electron chi connectivity index (χ4n) is 4.44. The van der Waals surface area contributed by atoms with E-state index in [4.69, 9.17) is 4.74 Å². The second-order valence-corrected chi connectivity index (χ2v) is 7.14. The van der Waals surface area contributed by atoms with Crippen LogP contribution in [0.1, 0.15) is 53.9 Å². The van der Waals surface area contributed by atoms with Crippen LogP contribution in [0.5, 0.6) is 0 Å². The van der Waals surface area contributed by atoms with E-state index in [0.29, 0.717) is 6.42 Å². The van der Waals surface area contributed by atoms with Crippen molar-refractivity contribution in [2.45, 2.75) is 64.0 Å². The van der Waals surface area contributed by atoms with Crippen molar-refractivity contribution in [2.24, 2.45) is 0 Å². The Kier molecular flexibility index (Phi) is 4.05. The van der Waals surface area contributed by atoms with Gasteiger partial charge < -0.3 is 10.1 Å². The van der Waals surface area contributed by atoms with Gasteiger partial charge in [-0.3, -0.25) is 9.59 Å². The van der Waals surface area contributed by atoms with Gasteiger partial charge in [0.2, 0.25) is 5.91 Å². The molecule has 1 saturated heterocycles. The third kappa shape index (κ3) is 2.59. The minimum absolute atomic E-state index is 0.0271. The molecule has 2 fully saturated rings. The molecule has 1 saturated carbocycles. The molecule has 3 atom stereocenters. The maximum absolute atomic E-state index is 13.2. The summed E-state index contributed by atoms with van der Waals surface area (Å²) in [5.41, 5.74) is 3.35. The molecule has 1 aliphatic heterocycles. The summed E-state index contributed by atoms with van der Waals surface area (Å²) in [5, 5.41) is 3.03. The van der Waals surface area contributed by atoms with Gasteiger partial charge in [0.1, 0.15) is 11.5 Å². The molecule has 1 spiro atoms. The van der Waals surface area contributed by atoms with Gasteiger partial charge in [-0.05, 0) is 56.7 Å². The van der Waals surface area contributed by atoms with E-state index in [9.17, 15) is 9.59 Å². The highest BCUT2D eigenvalue weighted by Crippen LogP contribution is 2.41. The molecule has 1 amide bonds. The largest absolute Gasteiger partial charge is 0.381 e. The summed E-state index contributed by atoms with van der Waals surface area (Å²) in [5.74, 6) is -0.799. The van der Waals surface area contributed by atoms with Crippen LogP contribution in [-0.2, 0) is 14.3 Å². The van der Waals surface area contributed by atoms with Gasteiger partial charge in [-0.1, -0.05) is 17.7 Å². The van der Waals surface area contributed by atoms with Crippen molar-refractivity contribution in [3.8, 4) is 0 Å². The minimum atomic E-state index is -0.732. The van der Waals surface area contributed by atoms with Gasteiger partial charge in [0.25, 0.3) is 0 Å². The number of benzene rings is 1. The molecule has 0 radical (unpaired) electrons. The van der Waals surface area contributed by atoms with Crippen LogP contribution < -0.4 is 5.32 Å². The molecule has 1 aliphatic carbocycles. The molecule has 3 rings (SSSR count). The van der Waals surface area contributed by atoms with E-state index >= 15 is 0 Å². The van der Waals surface area contributed by atoms with E-state index in [1.54, 1.807) is 7.11 Å². The van der Waals surface area contributed by atoms with Gasteiger partial charge in [0.05, 0.1) is 6.10 Å². The standard InChI is InChI=1S/C19H25NO3/c1-11-8-12(2)15(13(3)9-11)16-17(21)19(20-18(16)22)7-5-6-14(10-19)23-4/h8-9,14,16H,5-7,10H2,1-4H3,(H,20,22)/t14-,16?,19-/m1/s1. The highest BCUT2D eigenvalue weighted by atomic mass is 16.5. The molecule has 4 heteroatoms. The molecule has 1 aromatic carbocycles. The van der Waals surface area contributed by atoms with Crippen LogP contribution in [-0.4, -0.2) is 30.4 Å². The fraction of sp³-hybridized carbons (Fsp3) is 0.579. The van der Waals surface area contributed by atoms with Gasteiger partial charge in [0, 0.05) is 13.5 Å². The normalized spacial score (nSPS) is 30.8. The van der Waals surface area contributed by atoms with Crippen LogP contribution in [0.3, 0.4) is 0 Å². The number of hydrogen-bond acceptors (Lipinski definition) is 3. The third-order valence-electron chi connectivity index (χ3n) is 5.42. The van der Waals surface area contributed by atoms with E-state index in [2.05, 4.69) is 5.32 Å². The molecule has 23 heavy (non-hydrogen) atoms. The summed E-state index contributed by atoms with van der Waals surface area (Å²) in [6.07, 6.45) is 3.22. The zero-order valence-electron chi connectivity index (χ0n) is 14.4. The average molecular weight is 315 g/mol. The third-order valence-corrected chi connectivity index (χ3v) is 5.42. The lowest BCUT2D eigenvalue weighted by molar-refractivity contribution is -0.127. The number of aryl methyl sites for hydroxylation is 3. The van der Waals surface area contributed by atoms with Crippen LogP contribution in [0.2, 0.25) is 0 Å². The maximum atomic E-state index is 13.2. The highest BCUT2D eigenvalue weighted by molar-refractivity contribution is 6.17. The van der Waals surface area contributed by atoms with Crippen LogP contribution >= 0.6 is 0 Å². The van der Waals surface area contributed by atoms with Crippen LogP contribution in [0.15, 0.2) is 12.1 Å². The Morgan fingerprint density at radius 2 is 1.83 bits per heavy atom. The fourth-order valence-corrected chi connectivity index (χ4v) is 4.44. The van der Waals surface area contributed by atoms with E-state index in [-0.39, 0.29) is 17.8 Å². The molecular weight excluding hydrogens is 290 g/mol. The summed E-state index contributed by atoms with van der Waals surface area (Å²) in [6.45, 7) is 6.01. The van der Waals surface area contributed by atoms with Crippen molar-refractivity contribution in [3.05, 3.63) is 34.4 Å². The van der Waals surface area contributed by atoms with Crippen molar-refractivity contribution in [1.82, 2.24) is 5.32 Å². The average Bonchev–Trinajstić information content (AvgIpc) is 2.70. The summed E-state index contributed by atoms with van der Waals surface area (Å²) < 4.78 is 5.46. The lowest BCUT2D eigenvalue weighted by Gasteiger charge is -2.36. The van der Waals surface area contributed by atoms with Crippen LogP contribution in [0.25, 0.3) is 0 Å². The number of rotatable bonds is 2. The molecule has 124 valence electrons. The van der Waals surface area contributed by atoms with Gasteiger partial charge in [-0.15, -0.1) is 0 Å². The molecule has 2 aliphatic rings. The predicted octanol–water partition coefficient (Wildman–Crippen LogP) is 2.72. The number of ketones is 1. The highest BCUT2D eigenvalue weighted by Gasteiger charge is 2.55. The molecule has 4 nitrogen and oxygen atoms in total. The number of Topliss-reactive ketones (excluding diaryl/α,β-unsaturated/α-hetero) is 1. The summed E-state index contributed by atoms with van der Waals surface area (Å²) in [4.78, 5) is 25.9. The summed E-state index contributed by atoms with van der Waals surface area (Å²) >= 11 is 0. The quantitative estimate of drug-likeness (QED) is 0.854. The summed E-state index contributed by atoms with van der Waals surface area (Å²) in [6, 6.07) is 4.10. The number of amides is 1. The second-order valence-electron chi connectivity index (χ2n) is 7.14. The van der Waals surface area contributed by atoms with E-state index < -0.39 is 11.5 Å². The number of carbonyl (C=O) groups excluding carboxylic acids is 2. The Bertz CT molecular complexity index is 644. The number of ether oxygens (including phenoxy) is 1. The molecule has 1 unspecified atom stereocenters. The lowest BCUT2D eigenvalue weighted by Crippen LogP contribution is -2.51. The van der Waals surface area contributed by atoms with Crippen molar-refractivity contribution in [2.75, 3.05) is 7.11 Å². The van der Waals surface area contributed by atoms with Crippen molar-refractivity contribution >= 4 is 11.7 Å². The Labute approximate surface area is 137 Å². The van der Waals surface area contributed by atoms with E-state index in [1.165, 1.54) is 0 Å². The van der Waals surface area contributed by atoms with E-state index in [1.807, 2.05) is 32.9 Å². The van der Waals surface area contributed by atoms with Gasteiger partial charge in [-0.25, -0.2) is 0 Å². The van der Waals surface area contributed by atoms with Crippen molar-refractivity contribution in [1.29, 1.82) is 0 Å². The van der Waals surface area contributed by atoms with Crippen molar-refractivity contribution in [3.63, 3.8) is 0 Å². The second kappa shape index (κ2) is 5.75. The number of nitrogens with one attached hydrogen (secondary N) is 1. The number of methoxy groups -OCH3 is 1. The van der Waals surface area contributed by atoms with Crippen molar-refractivity contribution < 1.29 is 14.3 Å². The molecule has 1 aromatic rings. The van der Waals surface area contributed by atoms with Crippen LogP contribution in [0.4, 0.5) is 0 Å². The smallest absolute Gasteiger partial charge is 0.235 e. The molecule has 1 heterocycles. The lowest BCUT2D eigenvalue weighted by atomic mass is 9.74. The van der Waals surface area contributed by atoms with E-state index in [0.717, 1.165) is 41.5 Å². The molecule has 0 aromatic heterocycles. The topological polar surface area (TPSA) is 55.4 Å². The first-order valence-corrected chi connectivity index (χ1v) is 8.35. The first kappa shape index (κ1) is 16.2. The minimum Gasteiger partial charge on any atom is -0.381 e. The number of hydrogen-bond donors (Lipinski definition) is 1. The Hall–Kier alpha value is -1.68. The maximum Gasteiger partial charge on any atom is 0.235 e. The molecule has 1 N–H and O–H groups in total. The number of carbonyl (C=O) groups is 2. The predicted molar refractivity (Wildman–Crippen MR) is 88.5 cm³/mol. The Balaban J connectivity index is 2.00. The molecular formula is C19H25NO3. The Morgan fingerprint density at radius 3 is 2.43 bits per heavy atom. The van der Waals surface area contributed by atoms with Gasteiger partial charge >= 0.3 is 0 Å². The Morgan fingerprint density at radius 1 is 1.17 bits per heavy atom. The van der Waals surface area contributed by atoms with Gasteiger partial charge in [0.15, 0.2) is 5.78 Å². The van der Waals surface area contributed by atoms with Gasteiger partial charge in [-0.2, -0.15) is 0 Å². The monoisotopic (exact) mass is 315 g/mol. The van der Waals surface area contributed by atoms with Crippen LogP contribution in [0, 0.1) is 20.8 Å². The summed E-state index contributed by atoms with van der Waals surface area (Å²) in [7, 11) is 1.68. The first-order valence-electron chi connectivity index (χ1n) is 8.35.